The minimum atomic E-state index is 1.06. The summed E-state index contributed by atoms with van der Waals surface area (Å²) < 4.78 is 0. The first-order valence-corrected chi connectivity index (χ1v) is 5.62. The SMILES string of the molecule is CCCNCCC=Cc1cnccc1C. The average molecular weight is 204 g/mol. The van der Waals surface area contributed by atoms with Crippen molar-refractivity contribution in [2.24, 2.45) is 0 Å². The molecule has 1 heterocycles. The van der Waals surface area contributed by atoms with E-state index >= 15 is 0 Å². The van der Waals surface area contributed by atoms with E-state index in [-0.39, 0.29) is 0 Å². The highest BCUT2D eigenvalue weighted by Crippen LogP contribution is 2.06. The van der Waals surface area contributed by atoms with Gasteiger partial charge in [-0.3, -0.25) is 4.98 Å². The van der Waals surface area contributed by atoms with Crippen molar-refractivity contribution in [1.82, 2.24) is 10.3 Å². The second-order valence-corrected chi connectivity index (χ2v) is 3.67. The Morgan fingerprint density at radius 3 is 3.00 bits per heavy atom. The first-order chi connectivity index (χ1) is 7.34. The Hall–Kier alpha value is -1.15. The number of aromatic nitrogens is 1. The van der Waals surface area contributed by atoms with Crippen molar-refractivity contribution in [3.05, 3.63) is 35.7 Å². The van der Waals surface area contributed by atoms with Crippen LogP contribution in [0.2, 0.25) is 0 Å². The summed E-state index contributed by atoms with van der Waals surface area (Å²) in [6.07, 6.45) is 10.4. The molecule has 1 aromatic heterocycles. The van der Waals surface area contributed by atoms with Crippen LogP contribution in [0, 0.1) is 6.92 Å². The topological polar surface area (TPSA) is 24.9 Å². The summed E-state index contributed by atoms with van der Waals surface area (Å²) in [5.74, 6) is 0. The van der Waals surface area contributed by atoms with E-state index in [1.54, 1.807) is 0 Å². The van der Waals surface area contributed by atoms with E-state index in [9.17, 15) is 0 Å². The van der Waals surface area contributed by atoms with Crippen molar-refractivity contribution >= 4 is 6.08 Å². The van der Waals surface area contributed by atoms with Crippen molar-refractivity contribution in [2.45, 2.75) is 26.7 Å². The van der Waals surface area contributed by atoms with E-state index in [2.05, 4.69) is 36.3 Å². The Labute approximate surface area is 92.4 Å². The Kier molecular flexibility index (Phi) is 5.71. The fourth-order valence-electron chi connectivity index (χ4n) is 1.35. The van der Waals surface area contributed by atoms with Crippen LogP contribution < -0.4 is 5.32 Å². The van der Waals surface area contributed by atoms with Gasteiger partial charge in [-0.15, -0.1) is 0 Å². The van der Waals surface area contributed by atoms with Gasteiger partial charge >= 0.3 is 0 Å². The summed E-state index contributed by atoms with van der Waals surface area (Å²) in [4.78, 5) is 4.11. The average Bonchev–Trinajstić information content (AvgIpc) is 2.25. The van der Waals surface area contributed by atoms with Crippen LogP contribution in [-0.2, 0) is 0 Å². The third-order valence-corrected chi connectivity index (χ3v) is 2.29. The lowest BCUT2D eigenvalue weighted by Gasteiger charge is -1.99. The standard InChI is InChI=1S/C13H20N2/c1-3-8-14-9-5-4-6-13-11-15-10-7-12(13)2/h4,6-7,10-11,14H,3,5,8-9H2,1-2H3. The molecule has 0 aromatic carbocycles. The second-order valence-electron chi connectivity index (χ2n) is 3.67. The number of nitrogens with zero attached hydrogens (tertiary/aromatic N) is 1. The van der Waals surface area contributed by atoms with Gasteiger partial charge in [0.15, 0.2) is 0 Å². The Bertz CT molecular complexity index is 305. The molecule has 0 radical (unpaired) electrons. The Morgan fingerprint density at radius 1 is 1.40 bits per heavy atom. The van der Waals surface area contributed by atoms with Crippen LogP contribution in [-0.4, -0.2) is 18.1 Å². The van der Waals surface area contributed by atoms with Crippen LogP contribution in [0.15, 0.2) is 24.5 Å². The van der Waals surface area contributed by atoms with Gasteiger partial charge in [-0.2, -0.15) is 0 Å². The van der Waals surface area contributed by atoms with Gasteiger partial charge in [-0.1, -0.05) is 19.1 Å². The summed E-state index contributed by atoms with van der Waals surface area (Å²) in [5, 5.41) is 3.37. The van der Waals surface area contributed by atoms with E-state index in [0.29, 0.717) is 0 Å². The van der Waals surface area contributed by atoms with Crippen LogP contribution in [0.25, 0.3) is 6.08 Å². The number of hydrogen-bond acceptors (Lipinski definition) is 2. The first-order valence-electron chi connectivity index (χ1n) is 5.62. The van der Waals surface area contributed by atoms with Gasteiger partial charge in [-0.25, -0.2) is 0 Å². The molecule has 0 fully saturated rings. The molecule has 0 saturated heterocycles. The summed E-state index contributed by atoms with van der Waals surface area (Å²) in [5.41, 5.74) is 2.50. The molecule has 2 heteroatoms. The second kappa shape index (κ2) is 7.18. The number of aryl methyl sites for hydroxylation is 1. The van der Waals surface area contributed by atoms with Gasteiger partial charge in [0, 0.05) is 12.4 Å². The van der Waals surface area contributed by atoms with E-state index in [1.807, 2.05) is 18.5 Å². The number of nitrogens with one attached hydrogen (secondary N) is 1. The molecule has 1 N–H and O–H groups in total. The third-order valence-electron chi connectivity index (χ3n) is 2.29. The molecule has 0 aliphatic rings. The molecule has 0 unspecified atom stereocenters. The molecule has 82 valence electrons. The van der Waals surface area contributed by atoms with Crippen LogP contribution in [0.1, 0.15) is 30.9 Å². The smallest absolute Gasteiger partial charge is 0.0342 e. The van der Waals surface area contributed by atoms with Crippen LogP contribution in [0.4, 0.5) is 0 Å². The molecule has 0 atom stereocenters. The zero-order valence-corrected chi connectivity index (χ0v) is 9.66. The predicted molar refractivity (Wildman–Crippen MR) is 65.8 cm³/mol. The van der Waals surface area contributed by atoms with E-state index in [0.717, 1.165) is 19.5 Å². The van der Waals surface area contributed by atoms with Gasteiger partial charge in [0.25, 0.3) is 0 Å². The molecule has 0 spiro atoms. The molecule has 0 aliphatic heterocycles. The third kappa shape index (κ3) is 4.75. The molecule has 0 bridgehead atoms. The van der Waals surface area contributed by atoms with Gasteiger partial charge in [0.1, 0.15) is 0 Å². The van der Waals surface area contributed by atoms with E-state index in [1.165, 1.54) is 17.5 Å². The van der Waals surface area contributed by atoms with Crippen molar-refractivity contribution in [1.29, 1.82) is 0 Å². The van der Waals surface area contributed by atoms with Gasteiger partial charge < -0.3 is 5.32 Å². The molecule has 15 heavy (non-hydrogen) atoms. The summed E-state index contributed by atoms with van der Waals surface area (Å²) in [7, 11) is 0. The molecule has 1 rings (SSSR count). The molecular formula is C13H20N2. The van der Waals surface area contributed by atoms with Crippen LogP contribution in [0.5, 0.6) is 0 Å². The largest absolute Gasteiger partial charge is 0.316 e. The lowest BCUT2D eigenvalue weighted by Crippen LogP contribution is -2.14. The quantitative estimate of drug-likeness (QED) is 0.721. The molecule has 2 nitrogen and oxygen atoms in total. The molecular weight excluding hydrogens is 184 g/mol. The first kappa shape index (κ1) is 11.9. The normalized spacial score (nSPS) is 11.1. The summed E-state index contributed by atoms with van der Waals surface area (Å²) in [6.45, 7) is 6.46. The van der Waals surface area contributed by atoms with Gasteiger partial charge in [-0.05, 0) is 50.0 Å². The number of pyridine rings is 1. The Balaban J connectivity index is 2.29. The predicted octanol–water partition coefficient (Wildman–Crippen LogP) is 2.79. The molecule has 1 aromatic rings. The Morgan fingerprint density at radius 2 is 2.27 bits per heavy atom. The zero-order chi connectivity index (χ0) is 10.9. The number of rotatable bonds is 6. The van der Waals surface area contributed by atoms with Crippen molar-refractivity contribution in [3.8, 4) is 0 Å². The maximum absolute atomic E-state index is 4.11. The zero-order valence-electron chi connectivity index (χ0n) is 9.66. The minimum Gasteiger partial charge on any atom is -0.316 e. The maximum atomic E-state index is 4.11. The maximum Gasteiger partial charge on any atom is 0.0342 e. The monoisotopic (exact) mass is 204 g/mol. The summed E-state index contributed by atoms with van der Waals surface area (Å²) in [6, 6.07) is 2.04. The van der Waals surface area contributed by atoms with Crippen molar-refractivity contribution in [2.75, 3.05) is 13.1 Å². The fraction of sp³-hybridized carbons (Fsp3) is 0.462. The lowest BCUT2D eigenvalue weighted by molar-refractivity contribution is 0.679. The highest BCUT2D eigenvalue weighted by molar-refractivity contribution is 5.51. The molecule has 0 saturated carbocycles. The van der Waals surface area contributed by atoms with E-state index in [4.69, 9.17) is 0 Å². The molecule has 0 amide bonds. The van der Waals surface area contributed by atoms with Crippen molar-refractivity contribution < 1.29 is 0 Å². The number of hydrogen-bond donors (Lipinski definition) is 1. The summed E-state index contributed by atoms with van der Waals surface area (Å²) >= 11 is 0. The van der Waals surface area contributed by atoms with Gasteiger partial charge in [0.2, 0.25) is 0 Å². The fourth-order valence-corrected chi connectivity index (χ4v) is 1.35. The minimum absolute atomic E-state index is 1.06. The highest BCUT2D eigenvalue weighted by Gasteiger charge is 1.90. The van der Waals surface area contributed by atoms with Crippen LogP contribution in [0.3, 0.4) is 0 Å². The van der Waals surface area contributed by atoms with Crippen molar-refractivity contribution in [3.63, 3.8) is 0 Å². The molecule has 0 aliphatic carbocycles. The highest BCUT2D eigenvalue weighted by atomic mass is 14.8. The van der Waals surface area contributed by atoms with E-state index < -0.39 is 0 Å². The van der Waals surface area contributed by atoms with Crippen LogP contribution >= 0.6 is 0 Å². The lowest BCUT2D eigenvalue weighted by atomic mass is 10.1. The van der Waals surface area contributed by atoms with Gasteiger partial charge in [0.05, 0.1) is 0 Å².